The van der Waals surface area contributed by atoms with Gasteiger partial charge in [0.05, 0.1) is 5.69 Å². The number of aromatic amines is 1. The molecule has 1 aliphatic rings. The largest absolute Gasteiger partial charge is 0.451 e. The first kappa shape index (κ1) is 16.5. The van der Waals surface area contributed by atoms with E-state index in [0.29, 0.717) is 23.0 Å². The third-order valence-corrected chi connectivity index (χ3v) is 4.67. The standard InChI is InChI=1S/C20H17N5O3/c1-11-8-18(26)23-20(21-11)25-17(10-14(24-25)12-6-7-12)22-19(27)16-9-13-4-2-3-5-15(13)28-16/h2-5,8-10,12H,6-7H2,1H3,(H,22,27)(H,21,23,26). The number of aryl methyl sites for hydroxylation is 1. The van der Waals surface area contributed by atoms with Gasteiger partial charge in [-0.2, -0.15) is 9.78 Å². The van der Waals surface area contributed by atoms with Crippen molar-refractivity contribution in [2.24, 2.45) is 0 Å². The van der Waals surface area contributed by atoms with E-state index in [1.54, 1.807) is 13.0 Å². The zero-order valence-electron chi connectivity index (χ0n) is 15.1. The lowest BCUT2D eigenvalue weighted by atomic mass is 10.2. The molecule has 1 fully saturated rings. The monoisotopic (exact) mass is 375 g/mol. The Balaban J connectivity index is 1.53. The van der Waals surface area contributed by atoms with Crippen molar-refractivity contribution in [2.45, 2.75) is 25.7 Å². The maximum Gasteiger partial charge on any atom is 0.292 e. The van der Waals surface area contributed by atoms with Crippen LogP contribution in [0.5, 0.6) is 0 Å². The van der Waals surface area contributed by atoms with Crippen LogP contribution < -0.4 is 10.9 Å². The van der Waals surface area contributed by atoms with Crippen LogP contribution in [-0.2, 0) is 0 Å². The van der Waals surface area contributed by atoms with E-state index in [2.05, 4.69) is 20.4 Å². The van der Waals surface area contributed by atoms with Crippen LogP contribution in [0.25, 0.3) is 16.9 Å². The zero-order chi connectivity index (χ0) is 19.3. The van der Waals surface area contributed by atoms with Gasteiger partial charge in [-0.05, 0) is 31.9 Å². The van der Waals surface area contributed by atoms with Gasteiger partial charge in [-0.3, -0.25) is 14.6 Å². The fourth-order valence-corrected chi connectivity index (χ4v) is 3.16. The topological polar surface area (TPSA) is 106 Å². The van der Waals surface area contributed by atoms with Gasteiger partial charge in [-0.1, -0.05) is 18.2 Å². The van der Waals surface area contributed by atoms with Gasteiger partial charge in [0, 0.05) is 29.1 Å². The lowest BCUT2D eigenvalue weighted by Gasteiger charge is -2.07. The molecule has 1 saturated carbocycles. The number of benzene rings is 1. The fourth-order valence-electron chi connectivity index (χ4n) is 3.16. The molecular weight excluding hydrogens is 358 g/mol. The third-order valence-electron chi connectivity index (χ3n) is 4.67. The molecule has 8 nitrogen and oxygen atoms in total. The molecule has 3 heterocycles. The summed E-state index contributed by atoms with van der Waals surface area (Å²) < 4.78 is 7.10. The van der Waals surface area contributed by atoms with E-state index in [4.69, 9.17) is 4.42 Å². The van der Waals surface area contributed by atoms with E-state index in [1.165, 1.54) is 10.7 Å². The zero-order valence-corrected chi connectivity index (χ0v) is 15.1. The number of furan rings is 1. The molecular formula is C20H17N5O3. The first-order valence-corrected chi connectivity index (χ1v) is 9.05. The van der Waals surface area contributed by atoms with E-state index < -0.39 is 5.91 Å². The highest BCUT2D eigenvalue weighted by atomic mass is 16.3. The van der Waals surface area contributed by atoms with Gasteiger partial charge in [-0.25, -0.2) is 4.98 Å². The van der Waals surface area contributed by atoms with Crippen LogP contribution in [0.2, 0.25) is 0 Å². The minimum atomic E-state index is -0.394. The van der Waals surface area contributed by atoms with Crippen molar-refractivity contribution in [3.05, 3.63) is 70.0 Å². The van der Waals surface area contributed by atoms with Crippen molar-refractivity contribution in [3.63, 3.8) is 0 Å². The summed E-state index contributed by atoms with van der Waals surface area (Å²) in [5.41, 5.74) is 1.80. The Kier molecular flexibility index (Phi) is 3.65. The van der Waals surface area contributed by atoms with Crippen molar-refractivity contribution >= 4 is 22.7 Å². The molecule has 0 atom stereocenters. The summed E-state index contributed by atoms with van der Waals surface area (Å²) in [6.07, 6.45) is 2.12. The van der Waals surface area contributed by atoms with E-state index in [-0.39, 0.29) is 17.3 Å². The number of hydrogen-bond donors (Lipinski definition) is 2. The number of hydrogen-bond acceptors (Lipinski definition) is 5. The average Bonchev–Trinajstić information content (AvgIpc) is 3.28. The predicted octanol–water partition coefficient (Wildman–Crippen LogP) is 3.14. The number of anilines is 1. The maximum atomic E-state index is 12.8. The molecule has 8 heteroatoms. The number of fused-ring (bicyclic) bond motifs is 1. The van der Waals surface area contributed by atoms with Gasteiger partial charge >= 0.3 is 0 Å². The number of nitrogens with one attached hydrogen (secondary N) is 2. The lowest BCUT2D eigenvalue weighted by molar-refractivity contribution is 0.0998. The molecule has 0 bridgehead atoms. The van der Waals surface area contributed by atoms with Gasteiger partial charge in [0.2, 0.25) is 5.95 Å². The normalized spacial score (nSPS) is 13.8. The number of amides is 1. The van der Waals surface area contributed by atoms with Crippen molar-refractivity contribution in [1.82, 2.24) is 19.7 Å². The van der Waals surface area contributed by atoms with Crippen molar-refractivity contribution in [2.75, 3.05) is 5.32 Å². The quantitative estimate of drug-likeness (QED) is 0.570. The van der Waals surface area contributed by atoms with E-state index in [1.807, 2.05) is 30.3 Å². The summed E-state index contributed by atoms with van der Waals surface area (Å²) >= 11 is 0. The second-order valence-corrected chi connectivity index (χ2v) is 6.95. The molecule has 1 amide bonds. The third kappa shape index (κ3) is 2.98. The summed E-state index contributed by atoms with van der Waals surface area (Å²) in [6, 6.07) is 12.3. The van der Waals surface area contributed by atoms with Gasteiger partial charge in [-0.15, -0.1) is 0 Å². The Bertz CT molecular complexity index is 1230. The molecule has 140 valence electrons. The second-order valence-electron chi connectivity index (χ2n) is 6.95. The number of carbonyl (C=O) groups excluding carboxylic acids is 1. The first-order valence-electron chi connectivity index (χ1n) is 9.05. The van der Waals surface area contributed by atoms with E-state index >= 15 is 0 Å². The minimum Gasteiger partial charge on any atom is -0.451 e. The number of para-hydroxylation sites is 1. The van der Waals surface area contributed by atoms with Crippen LogP contribution in [0.1, 0.15) is 40.7 Å². The first-order chi connectivity index (χ1) is 13.6. The second kappa shape index (κ2) is 6.19. The van der Waals surface area contributed by atoms with Crippen LogP contribution in [0.4, 0.5) is 5.82 Å². The smallest absolute Gasteiger partial charge is 0.292 e. The summed E-state index contributed by atoms with van der Waals surface area (Å²) in [4.78, 5) is 31.6. The number of H-pyrrole nitrogens is 1. The Labute approximate surface area is 159 Å². The van der Waals surface area contributed by atoms with E-state index in [9.17, 15) is 9.59 Å². The van der Waals surface area contributed by atoms with E-state index in [0.717, 1.165) is 23.9 Å². The van der Waals surface area contributed by atoms with Crippen molar-refractivity contribution < 1.29 is 9.21 Å². The van der Waals surface area contributed by atoms with Crippen LogP contribution in [0.15, 0.2) is 51.7 Å². The number of nitrogens with zero attached hydrogens (tertiary/aromatic N) is 3. The van der Waals surface area contributed by atoms with Crippen LogP contribution in [-0.4, -0.2) is 25.7 Å². The molecule has 0 aliphatic heterocycles. The summed E-state index contributed by atoms with van der Waals surface area (Å²) in [5, 5.41) is 8.24. The highest BCUT2D eigenvalue weighted by Gasteiger charge is 2.28. The Morgan fingerprint density at radius 2 is 2.07 bits per heavy atom. The maximum absolute atomic E-state index is 12.8. The highest BCUT2D eigenvalue weighted by Crippen LogP contribution is 2.40. The summed E-state index contributed by atoms with van der Waals surface area (Å²) in [5.74, 6) is 0.875. The highest BCUT2D eigenvalue weighted by molar-refractivity contribution is 6.04. The Morgan fingerprint density at radius 3 is 2.82 bits per heavy atom. The molecule has 2 N–H and O–H groups in total. The molecule has 1 aromatic carbocycles. The molecule has 0 radical (unpaired) electrons. The fraction of sp³-hybridized carbons (Fsp3) is 0.200. The molecule has 0 unspecified atom stereocenters. The predicted molar refractivity (Wildman–Crippen MR) is 103 cm³/mol. The number of rotatable bonds is 4. The van der Waals surface area contributed by atoms with Crippen LogP contribution in [0.3, 0.4) is 0 Å². The molecule has 5 rings (SSSR count). The molecule has 3 aromatic heterocycles. The molecule has 4 aromatic rings. The number of aromatic nitrogens is 4. The minimum absolute atomic E-state index is 0.201. The lowest BCUT2D eigenvalue weighted by Crippen LogP contribution is -2.18. The van der Waals surface area contributed by atoms with Crippen molar-refractivity contribution in [3.8, 4) is 5.95 Å². The molecule has 28 heavy (non-hydrogen) atoms. The number of carbonyl (C=O) groups is 1. The summed E-state index contributed by atoms with van der Waals surface area (Å²) in [6.45, 7) is 1.73. The SMILES string of the molecule is Cc1cc(=O)[nH]c(-n2nc(C3CC3)cc2NC(=O)c2cc3ccccc3o2)n1. The van der Waals surface area contributed by atoms with Crippen molar-refractivity contribution in [1.29, 1.82) is 0 Å². The van der Waals surface area contributed by atoms with Crippen LogP contribution in [0, 0.1) is 6.92 Å². The molecule has 1 aliphatic carbocycles. The Morgan fingerprint density at radius 1 is 1.25 bits per heavy atom. The van der Waals surface area contributed by atoms with Crippen LogP contribution >= 0.6 is 0 Å². The van der Waals surface area contributed by atoms with Gasteiger partial charge in [0.15, 0.2) is 5.76 Å². The van der Waals surface area contributed by atoms with Gasteiger partial charge < -0.3 is 9.73 Å². The molecule has 0 spiro atoms. The average molecular weight is 375 g/mol. The Hall–Kier alpha value is -3.68. The van der Waals surface area contributed by atoms with Gasteiger partial charge in [0.25, 0.3) is 11.5 Å². The van der Waals surface area contributed by atoms with Gasteiger partial charge in [0.1, 0.15) is 11.4 Å². The summed E-state index contributed by atoms with van der Waals surface area (Å²) in [7, 11) is 0. The molecule has 0 saturated heterocycles.